The van der Waals surface area contributed by atoms with E-state index in [1.807, 2.05) is 11.8 Å². The lowest BCUT2D eigenvalue weighted by atomic mass is 10.0. The van der Waals surface area contributed by atoms with E-state index in [1.54, 1.807) is 5.56 Å². The molecular weight excluding hydrogens is 250 g/mol. The molecule has 2 aromatic carbocycles. The summed E-state index contributed by atoms with van der Waals surface area (Å²) in [6.45, 7) is 2.35. The second kappa shape index (κ2) is 4.61. The van der Waals surface area contributed by atoms with E-state index in [-0.39, 0.29) is 0 Å². The van der Waals surface area contributed by atoms with Crippen molar-refractivity contribution >= 4 is 17.4 Å². The second-order valence-electron chi connectivity index (χ2n) is 5.37. The smallest absolute Gasteiger partial charge is 0.0399 e. The topological polar surface area (TPSA) is 3.24 Å². The average Bonchev–Trinajstić information content (AvgIpc) is 3.05. The lowest BCUT2D eigenvalue weighted by Gasteiger charge is -2.23. The molecule has 0 fully saturated rings. The number of anilines is 1. The van der Waals surface area contributed by atoms with Gasteiger partial charge in [0.05, 0.1) is 0 Å². The highest BCUT2D eigenvalue weighted by Gasteiger charge is 2.27. The summed E-state index contributed by atoms with van der Waals surface area (Å²) in [6, 6.07) is 17.8. The van der Waals surface area contributed by atoms with Crippen LogP contribution in [0.5, 0.6) is 0 Å². The second-order valence-corrected chi connectivity index (χ2v) is 6.43. The van der Waals surface area contributed by atoms with Crippen molar-refractivity contribution in [3.63, 3.8) is 0 Å². The van der Waals surface area contributed by atoms with Crippen LogP contribution >= 0.6 is 11.8 Å². The van der Waals surface area contributed by atoms with Crippen molar-refractivity contribution < 1.29 is 0 Å². The van der Waals surface area contributed by atoms with Crippen LogP contribution < -0.4 is 4.90 Å². The van der Waals surface area contributed by atoms with E-state index in [9.17, 15) is 0 Å². The molecule has 1 nitrogen and oxygen atoms in total. The molecule has 0 spiro atoms. The number of rotatable bonds is 2. The summed E-state index contributed by atoms with van der Waals surface area (Å²) in [5.41, 5.74) is 4.52. The van der Waals surface area contributed by atoms with Crippen molar-refractivity contribution in [2.24, 2.45) is 0 Å². The zero-order valence-electron chi connectivity index (χ0n) is 10.9. The minimum absolute atomic E-state index is 0.687. The molecule has 2 heteroatoms. The Morgan fingerprint density at radius 1 is 1.05 bits per heavy atom. The molecule has 4 rings (SSSR count). The summed E-state index contributed by atoms with van der Waals surface area (Å²) < 4.78 is 0. The molecule has 2 heterocycles. The van der Waals surface area contributed by atoms with Gasteiger partial charge in [-0.2, -0.15) is 0 Å². The minimum Gasteiger partial charge on any atom is -0.370 e. The zero-order valence-corrected chi connectivity index (χ0v) is 11.7. The Kier molecular flexibility index (Phi) is 2.77. The van der Waals surface area contributed by atoms with E-state index in [1.165, 1.54) is 41.4 Å². The fourth-order valence-corrected chi connectivity index (χ4v) is 4.48. The number of para-hydroxylation sites is 1. The molecular formula is C17H17NS. The first-order valence-corrected chi connectivity index (χ1v) is 7.95. The third kappa shape index (κ3) is 1.95. The largest absolute Gasteiger partial charge is 0.370 e. The van der Waals surface area contributed by atoms with E-state index in [0.29, 0.717) is 5.92 Å². The van der Waals surface area contributed by atoms with Gasteiger partial charge in [0, 0.05) is 35.3 Å². The molecule has 0 saturated carbocycles. The van der Waals surface area contributed by atoms with Crippen LogP contribution in [0.4, 0.5) is 5.69 Å². The van der Waals surface area contributed by atoms with Gasteiger partial charge in [-0.15, -0.1) is 11.8 Å². The van der Waals surface area contributed by atoms with E-state index in [0.717, 1.165) is 0 Å². The molecule has 2 aliphatic heterocycles. The van der Waals surface area contributed by atoms with Crippen LogP contribution in [0.2, 0.25) is 0 Å². The van der Waals surface area contributed by atoms with Crippen LogP contribution in [0.1, 0.15) is 17.0 Å². The minimum atomic E-state index is 0.687. The third-order valence-corrected chi connectivity index (χ3v) is 5.47. The molecule has 0 aliphatic carbocycles. The van der Waals surface area contributed by atoms with Crippen LogP contribution in [0, 0.1) is 0 Å². The zero-order chi connectivity index (χ0) is 12.7. The fourth-order valence-electron chi connectivity index (χ4n) is 3.24. The Morgan fingerprint density at radius 2 is 1.89 bits per heavy atom. The van der Waals surface area contributed by atoms with Gasteiger partial charge >= 0.3 is 0 Å². The Morgan fingerprint density at radius 3 is 2.89 bits per heavy atom. The lowest BCUT2D eigenvalue weighted by Crippen LogP contribution is -2.26. The number of thioether (sulfide) groups is 1. The van der Waals surface area contributed by atoms with E-state index >= 15 is 0 Å². The van der Waals surface area contributed by atoms with Crippen molar-refractivity contribution in [3.8, 4) is 0 Å². The molecule has 0 saturated heterocycles. The molecule has 2 aliphatic rings. The first-order chi connectivity index (χ1) is 9.42. The van der Waals surface area contributed by atoms with Crippen LogP contribution in [0.15, 0.2) is 53.4 Å². The number of benzene rings is 2. The summed E-state index contributed by atoms with van der Waals surface area (Å²) in [5.74, 6) is 1.92. The maximum absolute atomic E-state index is 2.57. The summed E-state index contributed by atoms with van der Waals surface area (Å²) in [5, 5.41) is 0. The molecule has 0 bridgehead atoms. The summed E-state index contributed by atoms with van der Waals surface area (Å²) in [4.78, 5) is 4.06. The highest BCUT2D eigenvalue weighted by molar-refractivity contribution is 7.99. The molecule has 1 atom stereocenters. The van der Waals surface area contributed by atoms with Crippen LogP contribution in [-0.4, -0.2) is 18.8 Å². The number of hydrogen-bond donors (Lipinski definition) is 0. The maximum atomic E-state index is 2.57. The predicted octanol–water partition coefficient (Wildman–Crippen LogP) is 3.94. The highest BCUT2D eigenvalue weighted by atomic mass is 32.2. The molecule has 1 unspecified atom stereocenters. The van der Waals surface area contributed by atoms with Gasteiger partial charge < -0.3 is 4.90 Å². The molecule has 19 heavy (non-hydrogen) atoms. The van der Waals surface area contributed by atoms with E-state index in [2.05, 4.69) is 53.4 Å². The van der Waals surface area contributed by atoms with Crippen LogP contribution in [0.25, 0.3) is 0 Å². The summed E-state index contributed by atoms with van der Waals surface area (Å²) in [7, 11) is 0. The van der Waals surface area contributed by atoms with Crippen molar-refractivity contribution in [1.82, 2.24) is 0 Å². The monoisotopic (exact) mass is 267 g/mol. The van der Waals surface area contributed by atoms with Crippen molar-refractivity contribution in [2.75, 3.05) is 23.7 Å². The van der Waals surface area contributed by atoms with Gasteiger partial charge in [0.2, 0.25) is 0 Å². The van der Waals surface area contributed by atoms with Gasteiger partial charge in [-0.25, -0.2) is 0 Å². The fraction of sp³-hybridized carbons (Fsp3) is 0.294. The third-order valence-electron chi connectivity index (χ3n) is 4.22. The van der Waals surface area contributed by atoms with Gasteiger partial charge in [0.15, 0.2) is 0 Å². The van der Waals surface area contributed by atoms with Gasteiger partial charge in [-0.1, -0.05) is 36.4 Å². The van der Waals surface area contributed by atoms with Crippen molar-refractivity contribution in [2.45, 2.75) is 17.2 Å². The van der Waals surface area contributed by atoms with Crippen LogP contribution in [0.3, 0.4) is 0 Å². The molecule has 0 radical (unpaired) electrons. The first-order valence-electron chi connectivity index (χ1n) is 6.96. The molecule has 0 amide bonds. The summed E-state index contributed by atoms with van der Waals surface area (Å²) >= 11 is 2.01. The lowest BCUT2D eigenvalue weighted by molar-refractivity contribution is 0.715. The van der Waals surface area contributed by atoms with Crippen molar-refractivity contribution in [3.05, 3.63) is 59.7 Å². The van der Waals surface area contributed by atoms with E-state index < -0.39 is 0 Å². The molecule has 2 aromatic rings. The quantitative estimate of drug-likeness (QED) is 0.811. The molecule has 0 N–H and O–H groups in total. The Hall–Kier alpha value is -1.41. The Labute approximate surface area is 118 Å². The normalized spacial score (nSPS) is 20.4. The van der Waals surface area contributed by atoms with Gasteiger partial charge in [0.1, 0.15) is 0 Å². The number of nitrogens with zero attached hydrogens (tertiary/aromatic N) is 1. The standard InChI is InChI=1S/C17H17NS/c1-3-7-16-13(5-1)9-10-18(16)11-14-12-19-17-8-4-2-6-15(14)17/h1-8,14H,9-12H2. The van der Waals surface area contributed by atoms with Crippen LogP contribution in [-0.2, 0) is 6.42 Å². The Balaban J connectivity index is 1.58. The van der Waals surface area contributed by atoms with E-state index in [4.69, 9.17) is 0 Å². The SMILES string of the molecule is c1ccc2c(c1)CCN2CC1CSc2ccccc21. The highest BCUT2D eigenvalue weighted by Crippen LogP contribution is 2.41. The maximum Gasteiger partial charge on any atom is 0.0399 e. The molecule has 96 valence electrons. The van der Waals surface area contributed by atoms with Gasteiger partial charge in [-0.05, 0) is 29.7 Å². The average molecular weight is 267 g/mol. The number of fused-ring (bicyclic) bond motifs is 2. The number of hydrogen-bond acceptors (Lipinski definition) is 2. The van der Waals surface area contributed by atoms with Gasteiger partial charge in [-0.3, -0.25) is 0 Å². The van der Waals surface area contributed by atoms with Gasteiger partial charge in [0.25, 0.3) is 0 Å². The summed E-state index contributed by atoms with van der Waals surface area (Å²) in [6.07, 6.45) is 1.21. The molecule has 0 aromatic heterocycles. The Bertz CT molecular complexity index is 554. The predicted molar refractivity (Wildman–Crippen MR) is 82.3 cm³/mol. The van der Waals surface area contributed by atoms with Crippen molar-refractivity contribution in [1.29, 1.82) is 0 Å². The first kappa shape index (κ1) is 11.4.